The average Bonchev–Trinajstić information content (AvgIpc) is 2.61. The van der Waals surface area contributed by atoms with Crippen molar-refractivity contribution in [2.75, 3.05) is 24.2 Å². The van der Waals surface area contributed by atoms with Crippen LogP contribution in [0.3, 0.4) is 0 Å². The molecular formula is C18H19ClN2O3S. The van der Waals surface area contributed by atoms with Gasteiger partial charge in [-0.05, 0) is 55.5 Å². The Labute approximate surface area is 156 Å². The molecule has 0 spiro atoms. The molecule has 0 aliphatic heterocycles. The van der Waals surface area contributed by atoms with Gasteiger partial charge in [-0.15, -0.1) is 11.8 Å². The molecule has 0 aliphatic carbocycles. The lowest BCUT2D eigenvalue weighted by Crippen LogP contribution is -2.28. The standard InChI is InChI=1S/C18H19ClN2O3S/c1-2-20-17(22)11-24-15-7-5-14(6-8-15)21-18(23)12-25-16-9-3-13(19)4-10-16/h3-10H,2,11-12H2,1H3,(H,20,22)(H,21,23). The Hall–Kier alpha value is -2.18. The number of carbonyl (C=O) groups is 2. The van der Waals surface area contributed by atoms with Crippen molar-refractivity contribution >= 4 is 40.9 Å². The van der Waals surface area contributed by atoms with Crippen LogP contribution in [0.1, 0.15) is 6.92 Å². The second kappa shape index (κ2) is 9.96. The molecule has 2 N–H and O–H groups in total. The van der Waals surface area contributed by atoms with Gasteiger partial charge in [-0.1, -0.05) is 11.6 Å². The van der Waals surface area contributed by atoms with Gasteiger partial charge in [0.15, 0.2) is 6.61 Å². The Morgan fingerprint density at radius 2 is 1.72 bits per heavy atom. The SMILES string of the molecule is CCNC(=O)COc1ccc(NC(=O)CSc2ccc(Cl)cc2)cc1. The fourth-order valence-electron chi connectivity index (χ4n) is 1.91. The number of rotatable bonds is 8. The number of nitrogens with one attached hydrogen (secondary N) is 2. The van der Waals surface area contributed by atoms with Gasteiger partial charge in [-0.25, -0.2) is 0 Å². The normalized spacial score (nSPS) is 10.2. The zero-order valence-electron chi connectivity index (χ0n) is 13.8. The number of thioether (sulfide) groups is 1. The van der Waals surface area contributed by atoms with E-state index in [0.29, 0.717) is 28.8 Å². The van der Waals surface area contributed by atoms with Crippen LogP contribution in [-0.2, 0) is 9.59 Å². The number of likely N-dealkylation sites (N-methyl/N-ethyl adjacent to an activating group) is 1. The molecule has 0 fully saturated rings. The molecule has 0 saturated carbocycles. The lowest BCUT2D eigenvalue weighted by molar-refractivity contribution is -0.123. The molecule has 0 heterocycles. The van der Waals surface area contributed by atoms with E-state index in [4.69, 9.17) is 16.3 Å². The second-order valence-corrected chi connectivity index (χ2v) is 6.54. The molecule has 2 amide bonds. The summed E-state index contributed by atoms with van der Waals surface area (Å²) in [5.74, 6) is 0.603. The summed E-state index contributed by atoms with van der Waals surface area (Å²) in [5.41, 5.74) is 0.673. The third-order valence-corrected chi connectivity index (χ3v) is 4.33. The Kier molecular flexibility index (Phi) is 7.63. The topological polar surface area (TPSA) is 67.4 Å². The van der Waals surface area contributed by atoms with Gasteiger partial charge in [0.25, 0.3) is 5.91 Å². The van der Waals surface area contributed by atoms with E-state index in [1.165, 1.54) is 11.8 Å². The Morgan fingerprint density at radius 3 is 2.36 bits per heavy atom. The summed E-state index contributed by atoms with van der Waals surface area (Å²) < 4.78 is 5.36. The van der Waals surface area contributed by atoms with Crippen LogP contribution < -0.4 is 15.4 Å². The molecule has 7 heteroatoms. The quantitative estimate of drug-likeness (QED) is 0.689. The summed E-state index contributed by atoms with van der Waals surface area (Å²) in [5, 5.41) is 6.14. The van der Waals surface area contributed by atoms with Gasteiger partial charge in [0.2, 0.25) is 5.91 Å². The van der Waals surface area contributed by atoms with E-state index in [1.54, 1.807) is 36.4 Å². The van der Waals surface area contributed by atoms with Crippen LogP contribution in [0.25, 0.3) is 0 Å². The van der Waals surface area contributed by atoms with E-state index in [9.17, 15) is 9.59 Å². The van der Waals surface area contributed by atoms with E-state index in [1.807, 2.05) is 19.1 Å². The van der Waals surface area contributed by atoms with E-state index in [0.717, 1.165) is 4.90 Å². The molecule has 0 bridgehead atoms. The summed E-state index contributed by atoms with van der Waals surface area (Å²) >= 11 is 7.26. The summed E-state index contributed by atoms with van der Waals surface area (Å²) in [6, 6.07) is 14.2. The highest BCUT2D eigenvalue weighted by molar-refractivity contribution is 8.00. The maximum Gasteiger partial charge on any atom is 0.257 e. The zero-order chi connectivity index (χ0) is 18.1. The Balaban J connectivity index is 1.77. The summed E-state index contributed by atoms with van der Waals surface area (Å²) in [6.45, 7) is 2.39. The van der Waals surface area contributed by atoms with Crippen LogP contribution in [0, 0.1) is 0 Å². The van der Waals surface area contributed by atoms with E-state index >= 15 is 0 Å². The molecule has 0 aliphatic rings. The Bertz CT molecular complexity index is 705. The largest absolute Gasteiger partial charge is 0.484 e. The van der Waals surface area contributed by atoms with Crippen molar-refractivity contribution in [3.63, 3.8) is 0 Å². The van der Waals surface area contributed by atoms with Crippen LogP contribution in [0.5, 0.6) is 5.75 Å². The molecule has 0 radical (unpaired) electrons. The summed E-state index contributed by atoms with van der Waals surface area (Å²) in [6.07, 6.45) is 0. The molecule has 0 aromatic heterocycles. The number of benzene rings is 2. The number of ether oxygens (including phenoxy) is 1. The Morgan fingerprint density at radius 1 is 1.04 bits per heavy atom. The van der Waals surface area contributed by atoms with Crippen molar-refractivity contribution in [2.24, 2.45) is 0 Å². The van der Waals surface area contributed by atoms with Crippen LogP contribution in [0.4, 0.5) is 5.69 Å². The smallest absolute Gasteiger partial charge is 0.257 e. The van der Waals surface area contributed by atoms with Crippen molar-refractivity contribution < 1.29 is 14.3 Å². The molecule has 132 valence electrons. The fraction of sp³-hybridized carbons (Fsp3) is 0.222. The lowest BCUT2D eigenvalue weighted by Gasteiger charge is -2.08. The number of carbonyl (C=O) groups excluding carboxylic acids is 2. The van der Waals surface area contributed by atoms with Gasteiger partial charge in [0, 0.05) is 22.2 Å². The molecule has 2 aromatic rings. The average molecular weight is 379 g/mol. The van der Waals surface area contributed by atoms with Crippen LogP contribution in [0.15, 0.2) is 53.4 Å². The zero-order valence-corrected chi connectivity index (χ0v) is 15.3. The first-order chi connectivity index (χ1) is 12.1. The highest BCUT2D eigenvalue weighted by Gasteiger charge is 2.05. The minimum atomic E-state index is -0.167. The van der Waals surface area contributed by atoms with Crippen molar-refractivity contribution in [3.05, 3.63) is 53.6 Å². The molecule has 0 atom stereocenters. The van der Waals surface area contributed by atoms with E-state index in [-0.39, 0.29) is 18.4 Å². The fourth-order valence-corrected chi connectivity index (χ4v) is 2.73. The van der Waals surface area contributed by atoms with Crippen molar-refractivity contribution in [1.29, 1.82) is 0 Å². The van der Waals surface area contributed by atoms with Crippen LogP contribution >= 0.6 is 23.4 Å². The lowest BCUT2D eigenvalue weighted by atomic mass is 10.3. The summed E-state index contributed by atoms with van der Waals surface area (Å²) in [7, 11) is 0. The maximum absolute atomic E-state index is 12.0. The number of hydrogen-bond acceptors (Lipinski definition) is 4. The van der Waals surface area contributed by atoms with Gasteiger partial charge in [0.1, 0.15) is 5.75 Å². The van der Waals surface area contributed by atoms with Gasteiger partial charge in [-0.2, -0.15) is 0 Å². The van der Waals surface area contributed by atoms with Gasteiger partial charge in [0.05, 0.1) is 5.75 Å². The van der Waals surface area contributed by atoms with Crippen LogP contribution in [0.2, 0.25) is 5.02 Å². The van der Waals surface area contributed by atoms with Crippen molar-refractivity contribution in [1.82, 2.24) is 5.32 Å². The van der Waals surface area contributed by atoms with Gasteiger partial charge < -0.3 is 15.4 Å². The highest BCUT2D eigenvalue weighted by atomic mass is 35.5. The molecular weight excluding hydrogens is 360 g/mol. The maximum atomic E-state index is 12.0. The highest BCUT2D eigenvalue weighted by Crippen LogP contribution is 2.21. The van der Waals surface area contributed by atoms with Crippen molar-refractivity contribution in [3.8, 4) is 5.75 Å². The number of amides is 2. The molecule has 25 heavy (non-hydrogen) atoms. The molecule has 2 aromatic carbocycles. The minimum Gasteiger partial charge on any atom is -0.484 e. The number of anilines is 1. The third-order valence-electron chi connectivity index (χ3n) is 3.07. The monoisotopic (exact) mass is 378 g/mol. The minimum absolute atomic E-state index is 0.0305. The van der Waals surface area contributed by atoms with Crippen LogP contribution in [-0.4, -0.2) is 30.7 Å². The summed E-state index contributed by atoms with van der Waals surface area (Å²) in [4.78, 5) is 24.3. The first-order valence-electron chi connectivity index (χ1n) is 7.74. The molecule has 2 rings (SSSR count). The van der Waals surface area contributed by atoms with E-state index < -0.39 is 0 Å². The molecule has 5 nitrogen and oxygen atoms in total. The molecule has 0 unspecified atom stereocenters. The van der Waals surface area contributed by atoms with Gasteiger partial charge in [-0.3, -0.25) is 9.59 Å². The number of hydrogen-bond donors (Lipinski definition) is 2. The van der Waals surface area contributed by atoms with Crippen molar-refractivity contribution in [2.45, 2.75) is 11.8 Å². The predicted molar refractivity (Wildman–Crippen MR) is 101 cm³/mol. The first-order valence-corrected chi connectivity index (χ1v) is 9.11. The second-order valence-electron chi connectivity index (χ2n) is 5.06. The number of halogens is 1. The molecule has 0 saturated heterocycles. The third kappa shape index (κ3) is 7.07. The van der Waals surface area contributed by atoms with Gasteiger partial charge >= 0.3 is 0 Å². The predicted octanol–water partition coefficient (Wildman–Crippen LogP) is 3.59. The first kappa shape index (κ1) is 19.1. The van der Waals surface area contributed by atoms with E-state index in [2.05, 4.69) is 10.6 Å².